The van der Waals surface area contributed by atoms with E-state index in [1.54, 1.807) is 12.1 Å². The summed E-state index contributed by atoms with van der Waals surface area (Å²) in [4.78, 5) is 12.1. The molecular formula is C13H11NO4. The Bertz CT molecular complexity index is 582. The van der Waals surface area contributed by atoms with E-state index in [0.717, 1.165) is 12.1 Å². The van der Waals surface area contributed by atoms with Crippen LogP contribution in [0, 0.1) is 0 Å². The molecule has 0 atom stereocenters. The number of benzene rings is 2. The second-order valence-electron chi connectivity index (χ2n) is 3.81. The molecule has 0 amide bonds. The van der Waals surface area contributed by atoms with Crippen molar-refractivity contribution in [2.45, 2.75) is 0 Å². The first-order valence-electron chi connectivity index (χ1n) is 5.14. The van der Waals surface area contributed by atoms with Gasteiger partial charge in [0.1, 0.15) is 22.8 Å². The Morgan fingerprint density at radius 1 is 0.944 bits per heavy atom. The van der Waals surface area contributed by atoms with Gasteiger partial charge in [-0.05, 0) is 24.3 Å². The molecule has 0 aromatic heterocycles. The maximum Gasteiger partial charge on any atom is 0.200 e. The van der Waals surface area contributed by atoms with E-state index in [1.807, 2.05) is 0 Å². The van der Waals surface area contributed by atoms with Crippen molar-refractivity contribution >= 4 is 11.5 Å². The molecule has 2 aromatic rings. The van der Waals surface area contributed by atoms with Crippen molar-refractivity contribution in [2.75, 3.05) is 5.73 Å². The average Bonchev–Trinajstić information content (AvgIpc) is 2.28. The van der Waals surface area contributed by atoms with Crippen LogP contribution in [-0.4, -0.2) is 21.1 Å². The topological polar surface area (TPSA) is 104 Å². The number of hydrogen-bond donors (Lipinski definition) is 4. The molecule has 0 aliphatic carbocycles. The maximum atomic E-state index is 12.1. The van der Waals surface area contributed by atoms with Gasteiger partial charge in [-0.1, -0.05) is 0 Å². The molecule has 92 valence electrons. The van der Waals surface area contributed by atoms with E-state index in [-0.39, 0.29) is 16.9 Å². The average molecular weight is 245 g/mol. The lowest BCUT2D eigenvalue weighted by Gasteiger charge is -2.07. The number of aromatic hydroxyl groups is 3. The van der Waals surface area contributed by atoms with Crippen LogP contribution >= 0.6 is 0 Å². The second kappa shape index (κ2) is 4.29. The Morgan fingerprint density at radius 3 is 1.94 bits per heavy atom. The monoisotopic (exact) mass is 245 g/mol. The van der Waals surface area contributed by atoms with Crippen LogP contribution in [0.1, 0.15) is 15.9 Å². The van der Waals surface area contributed by atoms with E-state index in [2.05, 4.69) is 0 Å². The molecule has 0 spiro atoms. The van der Waals surface area contributed by atoms with Gasteiger partial charge in [-0.3, -0.25) is 4.79 Å². The second-order valence-corrected chi connectivity index (χ2v) is 3.81. The summed E-state index contributed by atoms with van der Waals surface area (Å²) in [5, 5.41) is 28.3. The molecule has 5 nitrogen and oxygen atoms in total. The highest BCUT2D eigenvalue weighted by atomic mass is 16.3. The molecule has 0 bridgehead atoms. The third-order valence-electron chi connectivity index (χ3n) is 2.48. The summed E-state index contributed by atoms with van der Waals surface area (Å²) >= 11 is 0. The first-order valence-corrected chi connectivity index (χ1v) is 5.14. The normalized spacial score (nSPS) is 10.2. The van der Waals surface area contributed by atoms with Gasteiger partial charge >= 0.3 is 0 Å². The minimum Gasteiger partial charge on any atom is -0.508 e. The summed E-state index contributed by atoms with van der Waals surface area (Å²) < 4.78 is 0. The van der Waals surface area contributed by atoms with Gasteiger partial charge in [-0.25, -0.2) is 0 Å². The molecule has 0 saturated carbocycles. The Balaban J connectivity index is 2.49. The van der Waals surface area contributed by atoms with Crippen molar-refractivity contribution in [3.8, 4) is 17.2 Å². The molecule has 0 aliphatic heterocycles. The van der Waals surface area contributed by atoms with Crippen LogP contribution < -0.4 is 5.73 Å². The number of carbonyl (C=O) groups is 1. The van der Waals surface area contributed by atoms with Crippen molar-refractivity contribution < 1.29 is 20.1 Å². The molecule has 2 rings (SSSR count). The number of anilines is 1. The summed E-state index contributed by atoms with van der Waals surface area (Å²) in [6.07, 6.45) is 0. The number of carbonyl (C=O) groups excluding carboxylic acids is 1. The zero-order chi connectivity index (χ0) is 13.3. The fourth-order valence-electron chi connectivity index (χ4n) is 1.61. The van der Waals surface area contributed by atoms with Crippen molar-refractivity contribution in [2.24, 2.45) is 0 Å². The zero-order valence-electron chi connectivity index (χ0n) is 9.29. The van der Waals surface area contributed by atoms with Gasteiger partial charge in [0.15, 0.2) is 0 Å². The van der Waals surface area contributed by atoms with Crippen molar-refractivity contribution in [1.29, 1.82) is 0 Å². The van der Waals surface area contributed by atoms with Crippen LogP contribution in [-0.2, 0) is 0 Å². The molecule has 0 unspecified atom stereocenters. The van der Waals surface area contributed by atoms with Crippen molar-refractivity contribution in [1.82, 2.24) is 0 Å². The number of phenols is 3. The Kier molecular flexibility index (Phi) is 2.81. The smallest absolute Gasteiger partial charge is 0.200 e. The molecular weight excluding hydrogens is 234 g/mol. The van der Waals surface area contributed by atoms with E-state index in [0.29, 0.717) is 5.69 Å². The quantitative estimate of drug-likeness (QED) is 0.475. The minimum absolute atomic E-state index is 0.252. The highest BCUT2D eigenvalue weighted by Gasteiger charge is 2.19. The molecule has 0 fully saturated rings. The van der Waals surface area contributed by atoms with Gasteiger partial charge in [0.25, 0.3) is 0 Å². The minimum atomic E-state index is -0.551. The fraction of sp³-hybridized carbons (Fsp3) is 0. The zero-order valence-corrected chi connectivity index (χ0v) is 9.29. The molecule has 0 radical (unpaired) electrons. The van der Waals surface area contributed by atoms with Crippen LogP contribution in [0.4, 0.5) is 5.69 Å². The summed E-state index contributed by atoms with van der Waals surface area (Å²) in [6.45, 7) is 0. The van der Waals surface area contributed by atoms with Gasteiger partial charge in [0, 0.05) is 23.4 Å². The summed E-state index contributed by atoms with van der Waals surface area (Å²) in [5.41, 5.74) is 6.03. The van der Waals surface area contributed by atoms with Crippen LogP contribution in [0.5, 0.6) is 17.2 Å². The standard InChI is InChI=1S/C13H11NO4/c14-8-3-1-7(2-4-8)13(18)12-10(16)5-9(15)6-11(12)17/h1-6,15-17H,14H2. The molecule has 0 saturated heterocycles. The molecule has 0 heterocycles. The fourth-order valence-corrected chi connectivity index (χ4v) is 1.61. The van der Waals surface area contributed by atoms with Gasteiger partial charge in [-0.15, -0.1) is 0 Å². The van der Waals surface area contributed by atoms with Gasteiger partial charge in [0.2, 0.25) is 5.78 Å². The highest BCUT2D eigenvalue weighted by molar-refractivity contribution is 6.12. The lowest BCUT2D eigenvalue weighted by Crippen LogP contribution is -2.02. The molecule has 2 aromatic carbocycles. The first kappa shape index (κ1) is 11.8. The number of rotatable bonds is 2. The first-order chi connectivity index (χ1) is 8.49. The number of phenolic OH excluding ortho intramolecular Hbond substituents is 3. The van der Waals surface area contributed by atoms with Crippen LogP contribution in [0.3, 0.4) is 0 Å². The Morgan fingerprint density at radius 2 is 1.44 bits per heavy atom. The Labute approximate surface area is 103 Å². The van der Waals surface area contributed by atoms with Crippen LogP contribution in [0.15, 0.2) is 36.4 Å². The number of hydrogen-bond acceptors (Lipinski definition) is 5. The number of nitrogens with two attached hydrogens (primary N) is 1. The van der Waals surface area contributed by atoms with Gasteiger partial charge < -0.3 is 21.1 Å². The third kappa shape index (κ3) is 2.06. The summed E-state index contributed by atoms with van der Waals surface area (Å²) in [6, 6.07) is 8.05. The predicted molar refractivity (Wildman–Crippen MR) is 65.7 cm³/mol. The van der Waals surface area contributed by atoms with Gasteiger partial charge in [-0.2, -0.15) is 0 Å². The largest absolute Gasteiger partial charge is 0.508 e. The van der Waals surface area contributed by atoms with E-state index in [9.17, 15) is 15.0 Å². The maximum absolute atomic E-state index is 12.1. The molecule has 18 heavy (non-hydrogen) atoms. The third-order valence-corrected chi connectivity index (χ3v) is 2.48. The van der Waals surface area contributed by atoms with E-state index < -0.39 is 17.3 Å². The molecule has 0 aliphatic rings. The van der Waals surface area contributed by atoms with Crippen LogP contribution in [0.25, 0.3) is 0 Å². The summed E-state index contributed by atoms with van der Waals surface area (Å²) in [5.74, 6) is -1.83. The number of nitrogen functional groups attached to an aromatic ring is 1. The lowest BCUT2D eigenvalue weighted by molar-refractivity contribution is 0.103. The van der Waals surface area contributed by atoms with Crippen molar-refractivity contribution in [3.63, 3.8) is 0 Å². The van der Waals surface area contributed by atoms with Crippen molar-refractivity contribution in [3.05, 3.63) is 47.5 Å². The lowest BCUT2D eigenvalue weighted by atomic mass is 10.0. The molecule has 5 heteroatoms. The molecule has 5 N–H and O–H groups in total. The van der Waals surface area contributed by atoms with E-state index in [1.165, 1.54) is 12.1 Å². The Hall–Kier alpha value is -2.69. The SMILES string of the molecule is Nc1ccc(C(=O)c2c(O)cc(O)cc2O)cc1. The van der Waals surface area contributed by atoms with Gasteiger partial charge in [0.05, 0.1) is 0 Å². The predicted octanol–water partition coefficient (Wildman–Crippen LogP) is 1.62. The summed E-state index contributed by atoms with van der Waals surface area (Å²) in [7, 11) is 0. The van der Waals surface area contributed by atoms with E-state index in [4.69, 9.17) is 10.8 Å². The number of ketones is 1. The highest BCUT2D eigenvalue weighted by Crippen LogP contribution is 2.33. The van der Waals surface area contributed by atoms with E-state index >= 15 is 0 Å². The van der Waals surface area contributed by atoms with Crippen LogP contribution in [0.2, 0.25) is 0 Å².